The maximum Gasteiger partial charge on any atom is 0.188 e. The summed E-state index contributed by atoms with van der Waals surface area (Å²) in [6, 6.07) is 5.87. The zero-order valence-corrected chi connectivity index (χ0v) is 12.9. The fraction of sp³-hybridized carbons (Fsp3) is 0.529. The largest absolute Gasteiger partial charge is 0.490 e. The fourth-order valence-corrected chi connectivity index (χ4v) is 1.84. The van der Waals surface area contributed by atoms with Gasteiger partial charge in [0.1, 0.15) is 0 Å². The minimum Gasteiger partial charge on any atom is -0.490 e. The number of allylic oxidation sites excluding steroid dienone is 1. The summed E-state index contributed by atoms with van der Waals surface area (Å²) in [6.07, 6.45) is 4.75. The van der Waals surface area contributed by atoms with E-state index in [1.807, 2.05) is 25.1 Å². The van der Waals surface area contributed by atoms with Crippen LogP contribution < -0.4 is 9.47 Å². The second-order valence-electron chi connectivity index (χ2n) is 4.90. The van der Waals surface area contributed by atoms with Gasteiger partial charge in [0, 0.05) is 7.11 Å². The number of unbranched alkanes of at least 4 members (excludes halogenated alkanes) is 3. The molecule has 1 rings (SSSR count). The first-order chi connectivity index (χ1) is 9.69. The van der Waals surface area contributed by atoms with E-state index in [0.717, 1.165) is 23.3 Å². The molecule has 0 amide bonds. The molecule has 0 saturated carbocycles. The number of hydrogen-bond acceptors (Lipinski definition) is 3. The first kappa shape index (κ1) is 16.6. The monoisotopic (exact) mass is 278 g/mol. The van der Waals surface area contributed by atoms with E-state index in [2.05, 4.69) is 13.5 Å². The predicted molar refractivity (Wildman–Crippen MR) is 83.3 cm³/mol. The van der Waals surface area contributed by atoms with E-state index < -0.39 is 0 Å². The van der Waals surface area contributed by atoms with Crippen molar-refractivity contribution in [2.45, 2.75) is 39.5 Å². The van der Waals surface area contributed by atoms with E-state index in [-0.39, 0.29) is 6.79 Å². The van der Waals surface area contributed by atoms with Gasteiger partial charge in [-0.3, -0.25) is 0 Å². The zero-order chi connectivity index (χ0) is 14.8. The fourth-order valence-electron chi connectivity index (χ4n) is 1.84. The van der Waals surface area contributed by atoms with Crippen LogP contribution in [0, 0.1) is 0 Å². The van der Waals surface area contributed by atoms with Crippen LogP contribution in [-0.2, 0) is 4.74 Å². The Morgan fingerprint density at radius 2 is 1.90 bits per heavy atom. The van der Waals surface area contributed by atoms with Crippen LogP contribution in [0.4, 0.5) is 0 Å². The molecule has 0 saturated heterocycles. The summed E-state index contributed by atoms with van der Waals surface area (Å²) in [6.45, 7) is 9.07. The van der Waals surface area contributed by atoms with Crippen LogP contribution in [-0.4, -0.2) is 20.5 Å². The van der Waals surface area contributed by atoms with Gasteiger partial charge in [0.05, 0.1) is 6.61 Å². The third-order valence-corrected chi connectivity index (χ3v) is 3.02. The molecule has 3 nitrogen and oxygen atoms in total. The summed E-state index contributed by atoms with van der Waals surface area (Å²) in [7, 11) is 1.60. The minimum absolute atomic E-state index is 0.221. The van der Waals surface area contributed by atoms with Gasteiger partial charge in [0.2, 0.25) is 0 Å². The zero-order valence-electron chi connectivity index (χ0n) is 12.9. The predicted octanol–water partition coefficient (Wildman–Crippen LogP) is 4.66. The lowest BCUT2D eigenvalue weighted by Crippen LogP contribution is -2.04. The first-order valence-electron chi connectivity index (χ1n) is 7.23. The molecular weight excluding hydrogens is 252 g/mol. The molecule has 1 aromatic rings. The quantitative estimate of drug-likeness (QED) is 0.460. The van der Waals surface area contributed by atoms with Gasteiger partial charge in [-0.25, -0.2) is 0 Å². The lowest BCUT2D eigenvalue weighted by atomic mass is 10.1. The summed E-state index contributed by atoms with van der Waals surface area (Å²) in [5.74, 6) is 1.48. The molecule has 0 aromatic heterocycles. The smallest absolute Gasteiger partial charge is 0.188 e. The lowest BCUT2D eigenvalue weighted by molar-refractivity contribution is 0.0485. The van der Waals surface area contributed by atoms with Crippen LogP contribution in [0.2, 0.25) is 0 Å². The summed E-state index contributed by atoms with van der Waals surface area (Å²) >= 11 is 0. The molecule has 1 aromatic carbocycles. The van der Waals surface area contributed by atoms with E-state index in [9.17, 15) is 0 Å². The van der Waals surface area contributed by atoms with Crippen LogP contribution in [0.1, 0.15) is 45.1 Å². The van der Waals surface area contributed by atoms with Gasteiger partial charge >= 0.3 is 0 Å². The first-order valence-corrected chi connectivity index (χ1v) is 7.23. The summed E-state index contributed by atoms with van der Waals surface area (Å²) in [4.78, 5) is 0. The number of rotatable bonds is 10. The molecule has 0 N–H and O–H groups in total. The molecule has 20 heavy (non-hydrogen) atoms. The molecule has 0 aliphatic rings. The molecular formula is C17H26O3. The Morgan fingerprint density at radius 3 is 2.55 bits per heavy atom. The van der Waals surface area contributed by atoms with Gasteiger partial charge in [-0.2, -0.15) is 0 Å². The SMILES string of the molecule is C=C(C)c1ccc(OCOC)c(OCCCCCC)c1. The van der Waals surface area contributed by atoms with Gasteiger partial charge in [-0.1, -0.05) is 44.4 Å². The molecule has 0 atom stereocenters. The summed E-state index contributed by atoms with van der Waals surface area (Å²) in [5.41, 5.74) is 2.08. The molecule has 0 spiro atoms. The van der Waals surface area contributed by atoms with Crippen LogP contribution in [0.15, 0.2) is 24.8 Å². The van der Waals surface area contributed by atoms with Gasteiger partial charge in [-0.15, -0.1) is 0 Å². The van der Waals surface area contributed by atoms with Crippen molar-refractivity contribution in [1.82, 2.24) is 0 Å². The molecule has 0 bridgehead atoms. The van der Waals surface area contributed by atoms with E-state index in [0.29, 0.717) is 12.4 Å². The molecule has 0 aliphatic carbocycles. The third kappa shape index (κ3) is 5.66. The Hall–Kier alpha value is -1.48. The van der Waals surface area contributed by atoms with Crippen molar-refractivity contribution >= 4 is 5.57 Å². The normalized spacial score (nSPS) is 10.3. The van der Waals surface area contributed by atoms with Crippen LogP contribution in [0.3, 0.4) is 0 Å². The van der Waals surface area contributed by atoms with Crippen molar-refractivity contribution in [2.75, 3.05) is 20.5 Å². The molecule has 112 valence electrons. The van der Waals surface area contributed by atoms with Gasteiger partial charge in [0.25, 0.3) is 0 Å². The average molecular weight is 278 g/mol. The van der Waals surface area contributed by atoms with Crippen molar-refractivity contribution in [3.05, 3.63) is 30.3 Å². The maximum absolute atomic E-state index is 5.85. The van der Waals surface area contributed by atoms with Gasteiger partial charge in [0.15, 0.2) is 18.3 Å². The Bertz CT molecular complexity index is 413. The van der Waals surface area contributed by atoms with Crippen molar-refractivity contribution in [2.24, 2.45) is 0 Å². The van der Waals surface area contributed by atoms with Gasteiger partial charge in [-0.05, 0) is 31.0 Å². The lowest BCUT2D eigenvalue weighted by Gasteiger charge is -2.14. The van der Waals surface area contributed by atoms with Crippen molar-refractivity contribution < 1.29 is 14.2 Å². The molecule has 0 unspecified atom stereocenters. The van der Waals surface area contributed by atoms with E-state index >= 15 is 0 Å². The maximum atomic E-state index is 5.85. The van der Waals surface area contributed by atoms with Crippen LogP contribution >= 0.6 is 0 Å². The number of ether oxygens (including phenoxy) is 3. The highest BCUT2D eigenvalue weighted by molar-refractivity contribution is 5.64. The van der Waals surface area contributed by atoms with Crippen LogP contribution in [0.5, 0.6) is 11.5 Å². The molecule has 0 fully saturated rings. The average Bonchev–Trinajstić information content (AvgIpc) is 2.45. The second kappa shape index (κ2) is 9.43. The van der Waals surface area contributed by atoms with E-state index in [1.54, 1.807) is 7.11 Å². The number of methoxy groups -OCH3 is 1. The molecule has 0 radical (unpaired) electrons. The van der Waals surface area contributed by atoms with Crippen molar-refractivity contribution in [1.29, 1.82) is 0 Å². The highest BCUT2D eigenvalue weighted by atomic mass is 16.7. The topological polar surface area (TPSA) is 27.7 Å². The van der Waals surface area contributed by atoms with Crippen molar-refractivity contribution in [3.8, 4) is 11.5 Å². The van der Waals surface area contributed by atoms with Crippen molar-refractivity contribution in [3.63, 3.8) is 0 Å². The summed E-state index contributed by atoms with van der Waals surface area (Å²) in [5, 5.41) is 0. The molecule has 3 heteroatoms. The Labute approximate surface area is 122 Å². The van der Waals surface area contributed by atoms with E-state index in [4.69, 9.17) is 14.2 Å². The standard InChI is InChI=1S/C17H26O3/c1-5-6-7-8-11-19-17-12-15(14(2)3)9-10-16(17)20-13-18-4/h9-10,12H,2,5-8,11,13H2,1,3-4H3. The summed E-state index contributed by atoms with van der Waals surface area (Å²) < 4.78 is 16.3. The van der Waals surface area contributed by atoms with E-state index in [1.165, 1.54) is 19.3 Å². The molecule has 0 heterocycles. The Balaban J connectivity index is 2.66. The Kier molecular flexibility index (Phi) is 7.81. The third-order valence-electron chi connectivity index (χ3n) is 3.02. The highest BCUT2D eigenvalue weighted by Crippen LogP contribution is 2.30. The van der Waals surface area contributed by atoms with Crippen LogP contribution in [0.25, 0.3) is 5.57 Å². The number of hydrogen-bond donors (Lipinski definition) is 0. The molecule has 0 aliphatic heterocycles. The highest BCUT2D eigenvalue weighted by Gasteiger charge is 2.07. The minimum atomic E-state index is 0.221. The number of benzene rings is 1. The van der Waals surface area contributed by atoms with Gasteiger partial charge < -0.3 is 14.2 Å². The second-order valence-corrected chi connectivity index (χ2v) is 4.90. The Morgan fingerprint density at radius 1 is 1.10 bits per heavy atom.